The molecule has 4 nitrogen and oxygen atoms in total. The van der Waals surface area contributed by atoms with Crippen molar-refractivity contribution in [2.75, 3.05) is 26.3 Å². The summed E-state index contributed by atoms with van der Waals surface area (Å²) in [4.78, 5) is 2.31. The Bertz CT molecular complexity index is 199. The highest BCUT2D eigenvalue weighted by Gasteiger charge is 2.25. The van der Waals surface area contributed by atoms with Crippen LogP contribution in [0.1, 0.15) is 39.5 Å². The van der Waals surface area contributed by atoms with E-state index in [0.717, 1.165) is 19.4 Å². The molecule has 4 heteroatoms. The molecule has 0 aliphatic carbocycles. The molecule has 0 aromatic heterocycles. The van der Waals surface area contributed by atoms with E-state index in [2.05, 4.69) is 4.90 Å². The maximum atomic E-state index is 9.86. The van der Waals surface area contributed by atoms with Gasteiger partial charge in [-0.15, -0.1) is 0 Å². The SMILES string of the molecule is CCOCC(O)CN1CCCCC1CC(C)O. The normalized spacial score (nSPS) is 25.8. The molecule has 102 valence electrons. The number of rotatable bonds is 7. The minimum atomic E-state index is -0.412. The number of likely N-dealkylation sites (tertiary alicyclic amines) is 1. The lowest BCUT2D eigenvalue weighted by molar-refractivity contribution is -0.00164. The van der Waals surface area contributed by atoms with Gasteiger partial charge in [0.2, 0.25) is 0 Å². The molecule has 0 aromatic rings. The summed E-state index contributed by atoms with van der Waals surface area (Å²) in [5.74, 6) is 0. The molecule has 0 amide bonds. The maximum Gasteiger partial charge on any atom is 0.0900 e. The third kappa shape index (κ3) is 5.82. The van der Waals surface area contributed by atoms with Crippen molar-refractivity contribution >= 4 is 0 Å². The number of nitrogens with zero attached hydrogens (tertiary/aromatic N) is 1. The van der Waals surface area contributed by atoms with Crippen molar-refractivity contribution in [2.45, 2.75) is 57.8 Å². The van der Waals surface area contributed by atoms with E-state index in [-0.39, 0.29) is 6.10 Å². The van der Waals surface area contributed by atoms with Gasteiger partial charge in [-0.3, -0.25) is 4.90 Å². The van der Waals surface area contributed by atoms with Crippen molar-refractivity contribution in [1.29, 1.82) is 0 Å². The van der Waals surface area contributed by atoms with E-state index < -0.39 is 6.10 Å². The van der Waals surface area contributed by atoms with Crippen LogP contribution in [0.15, 0.2) is 0 Å². The van der Waals surface area contributed by atoms with Crippen molar-refractivity contribution in [3.8, 4) is 0 Å². The van der Waals surface area contributed by atoms with Crippen LogP contribution in [0.4, 0.5) is 0 Å². The Balaban J connectivity index is 2.36. The van der Waals surface area contributed by atoms with Crippen LogP contribution in [-0.4, -0.2) is 59.7 Å². The van der Waals surface area contributed by atoms with Gasteiger partial charge in [0, 0.05) is 19.2 Å². The van der Waals surface area contributed by atoms with Crippen LogP contribution in [0.5, 0.6) is 0 Å². The molecule has 0 radical (unpaired) electrons. The fourth-order valence-corrected chi connectivity index (χ4v) is 2.54. The lowest BCUT2D eigenvalue weighted by atomic mass is 9.97. The first kappa shape index (κ1) is 14.9. The minimum absolute atomic E-state index is 0.260. The predicted octanol–water partition coefficient (Wildman–Crippen LogP) is 1.01. The molecule has 3 atom stereocenters. The average molecular weight is 245 g/mol. The first-order valence-corrected chi connectivity index (χ1v) is 6.81. The number of ether oxygens (including phenoxy) is 1. The van der Waals surface area contributed by atoms with Gasteiger partial charge < -0.3 is 14.9 Å². The van der Waals surface area contributed by atoms with Crippen molar-refractivity contribution < 1.29 is 14.9 Å². The molecular weight excluding hydrogens is 218 g/mol. The number of aliphatic hydroxyl groups excluding tert-OH is 2. The van der Waals surface area contributed by atoms with Gasteiger partial charge in [-0.2, -0.15) is 0 Å². The molecule has 1 aliphatic heterocycles. The van der Waals surface area contributed by atoms with Crippen molar-refractivity contribution in [3.63, 3.8) is 0 Å². The Hall–Kier alpha value is -0.160. The third-order valence-corrected chi connectivity index (χ3v) is 3.32. The lowest BCUT2D eigenvalue weighted by Crippen LogP contribution is -2.45. The Morgan fingerprint density at radius 2 is 2.12 bits per heavy atom. The first-order valence-electron chi connectivity index (χ1n) is 6.81. The fraction of sp³-hybridized carbons (Fsp3) is 1.00. The summed E-state index contributed by atoms with van der Waals surface area (Å²) in [6, 6.07) is 0.417. The van der Waals surface area contributed by atoms with E-state index in [1.54, 1.807) is 0 Å². The largest absolute Gasteiger partial charge is 0.393 e. The average Bonchev–Trinajstić information content (AvgIpc) is 2.28. The summed E-state index contributed by atoms with van der Waals surface area (Å²) in [5, 5.41) is 19.3. The molecule has 1 heterocycles. The van der Waals surface area contributed by atoms with Crippen LogP contribution in [-0.2, 0) is 4.74 Å². The number of piperidine rings is 1. The standard InChI is InChI=1S/C13H27NO3/c1-3-17-10-13(16)9-14-7-5-4-6-12(14)8-11(2)15/h11-13,15-16H,3-10H2,1-2H3. The molecule has 1 aliphatic rings. The maximum absolute atomic E-state index is 9.86. The van der Waals surface area contributed by atoms with Gasteiger partial charge in [0.1, 0.15) is 0 Å². The molecule has 3 unspecified atom stereocenters. The van der Waals surface area contributed by atoms with Gasteiger partial charge in [0.05, 0.1) is 18.8 Å². The first-order chi connectivity index (χ1) is 8.13. The zero-order chi connectivity index (χ0) is 12.7. The summed E-state index contributed by atoms with van der Waals surface area (Å²) >= 11 is 0. The Labute approximate surface area is 105 Å². The molecule has 0 saturated carbocycles. The highest BCUT2D eigenvalue weighted by Crippen LogP contribution is 2.21. The second kappa shape index (κ2) is 8.03. The van der Waals surface area contributed by atoms with E-state index in [1.165, 1.54) is 12.8 Å². The molecule has 2 N–H and O–H groups in total. The third-order valence-electron chi connectivity index (χ3n) is 3.32. The number of hydrogen-bond acceptors (Lipinski definition) is 4. The smallest absolute Gasteiger partial charge is 0.0900 e. The van der Waals surface area contributed by atoms with Crippen LogP contribution in [0, 0.1) is 0 Å². The van der Waals surface area contributed by atoms with Gasteiger partial charge in [0.15, 0.2) is 0 Å². The fourth-order valence-electron chi connectivity index (χ4n) is 2.54. The summed E-state index contributed by atoms with van der Waals surface area (Å²) in [6.07, 6.45) is 3.69. The molecule has 1 saturated heterocycles. The Morgan fingerprint density at radius 1 is 1.35 bits per heavy atom. The Morgan fingerprint density at radius 3 is 2.76 bits per heavy atom. The van der Waals surface area contributed by atoms with Crippen molar-refractivity contribution in [3.05, 3.63) is 0 Å². The van der Waals surface area contributed by atoms with Gasteiger partial charge in [-0.1, -0.05) is 6.42 Å². The highest BCUT2D eigenvalue weighted by atomic mass is 16.5. The zero-order valence-electron chi connectivity index (χ0n) is 11.1. The van der Waals surface area contributed by atoms with Crippen LogP contribution in [0.25, 0.3) is 0 Å². The quantitative estimate of drug-likeness (QED) is 0.703. The van der Waals surface area contributed by atoms with Crippen LogP contribution < -0.4 is 0 Å². The van der Waals surface area contributed by atoms with Crippen LogP contribution >= 0.6 is 0 Å². The topological polar surface area (TPSA) is 52.9 Å². The number of β-amino-alcohol motifs (C(OH)–C–C–N with tert-alkyl or cyclic N) is 1. The lowest BCUT2D eigenvalue weighted by Gasteiger charge is -2.37. The Kier molecular flexibility index (Phi) is 7.04. The summed E-state index contributed by atoms with van der Waals surface area (Å²) in [7, 11) is 0. The molecule has 1 rings (SSSR count). The van der Waals surface area contributed by atoms with E-state index >= 15 is 0 Å². The van der Waals surface area contributed by atoms with Gasteiger partial charge in [0.25, 0.3) is 0 Å². The van der Waals surface area contributed by atoms with Gasteiger partial charge >= 0.3 is 0 Å². The molecular formula is C13H27NO3. The molecule has 0 aromatic carbocycles. The molecule has 0 bridgehead atoms. The molecule has 1 fully saturated rings. The monoisotopic (exact) mass is 245 g/mol. The van der Waals surface area contributed by atoms with Crippen LogP contribution in [0.3, 0.4) is 0 Å². The van der Waals surface area contributed by atoms with E-state index in [0.29, 0.717) is 25.8 Å². The van der Waals surface area contributed by atoms with E-state index in [9.17, 15) is 10.2 Å². The second-order valence-corrected chi connectivity index (χ2v) is 5.04. The van der Waals surface area contributed by atoms with Crippen LogP contribution in [0.2, 0.25) is 0 Å². The van der Waals surface area contributed by atoms with E-state index in [1.807, 2.05) is 13.8 Å². The highest BCUT2D eigenvalue weighted by molar-refractivity contribution is 4.80. The second-order valence-electron chi connectivity index (χ2n) is 5.04. The minimum Gasteiger partial charge on any atom is -0.393 e. The molecule has 0 spiro atoms. The summed E-state index contributed by atoms with van der Waals surface area (Å²) < 4.78 is 5.23. The summed E-state index contributed by atoms with van der Waals surface area (Å²) in [6.45, 7) is 6.52. The molecule has 17 heavy (non-hydrogen) atoms. The van der Waals surface area contributed by atoms with Crippen molar-refractivity contribution in [1.82, 2.24) is 4.90 Å². The van der Waals surface area contributed by atoms with Crippen molar-refractivity contribution in [2.24, 2.45) is 0 Å². The number of aliphatic hydroxyl groups is 2. The van der Waals surface area contributed by atoms with E-state index in [4.69, 9.17) is 4.74 Å². The predicted molar refractivity (Wildman–Crippen MR) is 68.0 cm³/mol. The van der Waals surface area contributed by atoms with Gasteiger partial charge in [-0.25, -0.2) is 0 Å². The number of hydrogen-bond donors (Lipinski definition) is 2. The summed E-state index contributed by atoms with van der Waals surface area (Å²) in [5.41, 5.74) is 0. The van der Waals surface area contributed by atoms with Gasteiger partial charge in [-0.05, 0) is 39.7 Å². The zero-order valence-corrected chi connectivity index (χ0v) is 11.1.